The molecule has 0 radical (unpaired) electrons. The van der Waals surface area contributed by atoms with Gasteiger partial charge in [-0.3, -0.25) is 0 Å². The lowest BCUT2D eigenvalue weighted by atomic mass is 10.1. The number of nitrogens with zero attached hydrogens (tertiary/aromatic N) is 2. The van der Waals surface area contributed by atoms with Crippen LogP contribution in [0.3, 0.4) is 0 Å². The van der Waals surface area contributed by atoms with Crippen LogP contribution in [0.5, 0.6) is 5.75 Å². The standard InChI is InChI=1S/C16H12F2N2O3/c17-13-6-3-11(7-14(13)18)15(21)8-22-12-4-1-10(2-5-12)16-20-19-9-23-16/h1-7,9,15,21H,8H2. The highest BCUT2D eigenvalue weighted by Gasteiger charge is 2.12. The summed E-state index contributed by atoms with van der Waals surface area (Å²) in [6.07, 6.45) is 0.165. The van der Waals surface area contributed by atoms with Crippen molar-refractivity contribution < 1.29 is 23.0 Å². The minimum atomic E-state index is -1.07. The monoisotopic (exact) mass is 318 g/mol. The van der Waals surface area contributed by atoms with E-state index in [0.29, 0.717) is 11.6 Å². The molecule has 1 atom stereocenters. The Balaban J connectivity index is 1.62. The third-order valence-electron chi connectivity index (χ3n) is 3.20. The number of aliphatic hydroxyl groups is 1. The van der Waals surface area contributed by atoms with Gasteiger partial charge in [-0.15, -0.1) is 10.2 Å². The lowest BCUT2D eigenvalue weighted by Crippen LogP contribution is -2.10. The van der Waals surface area contributed by atoms with E-state index in [1.165, 1.54) is 12.5 Å². The highest BCUT2D eigenvalue weighted by Crippen LogP contribution is 2.22. The largest absolute Gasteiger partial charge is 0.491 e. The topological polar surface area (TPSA) is 68.4 Å². The Kier molecular flexibility index (Phi) is 4.29. The molecule has 0 aliphatic heterocycles. The molecule has 0 aliphatic rings. The van der Waals surface area contributed by atoms with Crippen LogP contribution in [0.4, 0.5) is 8.78 Å². The first-order valence-electron chi connectivity index (χ1n) is 6.76. The lowest BCUT2D eigenvalue weighted by molar-refractivity contribution is 0.108. The Labute approximate surface area is 130 Å². The van der Waals surface area contributed by atoms with E-state index in [9.17, 15) is 13.9 Å². The van der Waals surface area contributed by atoms with Crippen molar-refractivity contribution in [2.75, 3.05) is 6.61 Å². The zero-order valence-corrected chi connectivity index (χ0v) is 11.8. The minimum Gasteiger partial charge on any atom is -0.491 e. The smallest absolute Gasteiger partial charge is 0.247 e. The van der Waals surface area contributed by atoms with Gasteiger partial charge in [0.15, 0.2) is 11.6 Å². The van der Waals surface area contributed by atoms with E-state index >= 15 is 0 Å². The quantitative estimate of drug-likeness (QED) is 0.783. The van der Waals surface area contributed by atoms with Crippen LogP contribution in [0, 0.1) is 11.6 Å². The average Bonchev–Trinajstić information content (AvgIpc) is 3.10. The molecule has 118 valence electrons. The zero-order valence-electron chi connectivity index (χ0n) is 11.8. The van der Waals surface area contributed by atoms with E-state index in [1.807, 2.05) is 0 Å². The maximum absolute atomic E-state index is 13.1. The van der Waals surface area contributed by atoms with Gasteiger partial charge in [0.2, 0.25) is 12.3 Å². The van der Waals surface area contributed by atoms with Gasteiger partial charge in [-0.05, 0) is 42.0 Å². The lowest BCUT2D eigenvalue weighted by Gasteiger charge is -2.13. The third-order valence-corrected chi connectivity index (χ3v) is 3.20. The first kappa shape index (κ1) is 15.1. The van der Waals surface area contributed by atoms with Gasteiger partial charge in [-0.1, -0.05) is 6.07 Å². The number of aliphatic hydroxyl groups excluding tert-OH is 1. The Morgan fingerprint density at radius 2 is 1.87 bits per heavy atom. The maximum atomic E-state index is 13.1. The van der Waals surface area contributed by atoms with Gasteiger partial charge < -0.3 is 14.3 Å². The van der Waals surface area contributed by atoms with E-state index in [1.54, 1.807) is 24.3 Å². The molecule has 3 rings (SSSR count). The van der Waals surface area contributed by atoms with Crippen molar-refractivity contribution in [2.45, 2.75) is 6.10 Å². The third kappa shape index (κ3) is 3.51. The molecule has 0 aliphatic carbocycles. The highest BCUT2D eigenvalue weighted by atomic mass is 19.2. The molecule has 0 saturated heterocycles. The Bertz CT molecular complexity index is 777. The Morgan fingerprint density at radius 1 is 1.09 bits per heavy atom. The van der Waals surface area contributed by atoms with E-state index in [-0.39, 0.29) is 12.2 Å². The molecule has 0 bridgehead atoms. The summed E-state index contributed by atoms with van der Waals surface area (Å²) in [5.74, 6) is -1.07. The van der Waals surface area contributed by atoms with Gasteiger partial charge >= 0.3 is 0 Å². The van der Waals surface area contributed by atoms with E-state index in [0.717, 1.165) is 17.7 Å². The molecule has 2 aromatic carbocycles. The van der Waals surface area contributed by atoms with Crippen LogP contribution in [0.2, 0.25) is 0 Å². The number of hydrogen-bond acceptors (Lipinski definition) is 5. The van der Waals surface area contributed by atoms with E-state index < -0.39 is 17.7 Å². The predicted octanol–water partition coefficient (Wildman–Crippen LogP) is 3.13. The summed E-state index contributed by atoms with van der Waals surface area (Å²) in [5.41, 5.74) is 0.974. The molecular weight excluding hydrogens is 306 g/mol. The zero-order chi connectivity index (χ0) is 16.2. The number of rotatable bonds is 5. The molecule has 1 aromatic heterocycles. The molecule has 23 heavy (non-hydrogen) atoms. The van der Waals surface area contributed by atoms with Gasteiger partial charge in [0, 0.05) is 5.56 Å². The fourth-order valence-electron chi connectivity index (χ4n) is 1.98. The van der Waals surface area contributed by atoms with Crippen molar-refractivity contribution in [3.8, 4) is 17.2 Å². The van der Waals surface area contributed by atoms with Gasteiger partial charge in [0.25, 0.3) is 0 Å². The van der Waals surface area contributed by atoms with Crippen LogP contribution in [0.15, 0.2) is 53.3 Å². The van der Waals surface area contributed by atoms with Crippen molar-refractivity contribution >= 4 is 0 Å². The van der Waals surface area contributed by atoms with Crippen LogP contribution in [0.1, 0.15) is 11.7 Å². The van der Waals surface area contributed by atoms with Crippen molar-refractivity contribution in [1.82, 2.24) is 10.2 Å². The number of benzene rings is 2. The summed E-state index contributed by atoms with van der Waals surface area (Å²) in [5, 5.41) is 17.3. The van der Waals surface area contributed by atoms with Crippen LogP contribution in [0.25, 0.3) is 11.5 Å². The normalized spacial score (nSPS) is 12.1. The van der Waals surface area contributed by atoms with Crippen molar-refractivity contribution in [3.63, 3.8) is 0 Å². The summed E-state index contributed by atoms with van der Waals surface area (Å²) in [7, 11) is 0. The Hall–Kier alpha value is -2.80. The minimum absolute atomic E-state index is 0.0923. The number of halogens is 2. The second kappa shape index (κ2) is 6.53. The van der Waals surface area contributed by atoms with Gasteiger partial charge in [0.05, 0.1) is 0 Å². The van der Waals surface area contributed by atoms with Crippen molar-refractivity contribution in [1.29, 1.82) is 0 Å². The summed E-state index contributed by atoms with van der Waals surface area (Å²) < 4.78 is 36.5. The molecular formula is C16H12F2N2O3. The fraction of sp³-hybridized carbons (Fsp3) is 0.125. The number of hydrogen-bond donors (Lipinski definition) is 1. The summed E-state index contributed by atoms with van der Waals surface area (Å²) in [6.45, 7) is -0.0923. The van der Waals surface area contributed by atoms with Gasteiger partial charge in [0.1, 0.15) is 18.5 Å². The van der Waals surface area contributed by atoms with Crippen LogP contribution >= 0.6 is 0 Å². The first-order chi connectivity index (χ1) is 11.1. The molecule has 1 unspecified atom stereocenters. The average molecular weight is 318 g/mol. The summed E-state index contributed by atoms with van der Waals surface area (Å²) in [4.78, 5) is 0. The highest BCUT2D eigenvalue weighted by molar-refractivity contribution is 5.53. The second-order valence-corrected chi connectivity index (χ2v) is 4.77. The molecule has 0 amide bonds. The van der Waals surface area contributed by atoms with Gasteiger partial charge in [-0.25, -0.2) is 8.78 Å². The fourth-order valence-corrected chi connectivity index (χ4v) is 1.98. The molecule has 1 heterocycles. The number of ether oxygens (including phenoxy) is 1. The molecule has 1 N–H and O–H groups in total. The van der Waals surface area contributed by atoms with Gasteiger partial charge in [-0.2, -0.15) is 0 Å². The number of aromatic nitrogens is 2. The van der Waals surface area contributed by atoms with Crippen molar-refractivity contribution in [3.05, 3.63) is 66.1 Å². The molecule has 0 saturated carbocycles. The molecule has 3 aromatic rings. The first-order valence-corrected chi connectivity index (χ1v) is 6.76. The van der Waals surface area contributed by atoms with Crippen LogP contribution in [-0.4, -0.2) is 21.9 Å². The predicted molar refractivity (Wildman–Crippen MR) is 76.5 cm³/mol. The van der Waals surface area contributed by atoms with Crippen LogP contribution in [-0.2, 0) is 0 Å². The van der Waals surface area contributed by atoms with Crippen LogP contribution < -0.4 is 4.74 Å². The van der Waals surface area contributed by atoms with E-state index in [4.69, 9.17) is 9.15 Å². The SMILES string of the molecule is OC(COc1ccc(-c2nnco2)cc1)c1ccc(F)c(F)c1. The molecule has 7 heteroatoms. The van der Waals surface area contributed by atoms with E-state index in [2.05, 4.69) is 10.2 Å². The molecule has 5 nitrogen and oxygen atoms in total. The molecule has 0 spiro atoms. The maximum Gasteiger partial charge on any atom is 0.247 e. The summed E-state index contributed by atoms with van der Waals surface area (Å²) >= 11 is 0. The second-order valence-electron chi connectivity index (χ2n) is 4.77. The molecule has 0 fully saturated rings. The Morgan fingerprint density at radius 3 is 2.52 bits per heavy atom. The summed E-state index contributed by atoms with van der Waals surface area (Å²) in [6, 6.07) is 10.0. The van der Waals surface area contributed by atoms with Crippen molar-refractivity contribution in [2.24, 2.45) is 0 Å².